The van der Waals surface area contributed by atoms with Crippen molar-refractivity contribution in [2.45, 2.75) is 25.3 Å². The summed E-state index contributed by atoms with van der Waals surface area (Å²) in [5.41, 5.74) is 7.16. The van der Waals surface area contributed by atoms with E-state index in [9.17, 15) is 0 Å². The lowest BCUT2D eigenvalue weighted by atomic mass is 10.0. The summed E-state index contributed by atoms with van der Waals surface area (Å²) in [6.07, 6.45) is 3.73. The van der Waals surface area contributed by atoms with Crippen molar-refractivity contribution >= 4 is 27.5 Å². The second-order valence-corrected chi connectivity index (χ2v) is 5.27. The van der Waals surface area contributed by atoms with Crippen LogP contribution >= 0.6 is 27.5 Å². The van der Waals surface area contributed by atoms with Gasteiger partial charge in [-0.1, -0.05) is 40.4 Å². The number of hydrogen-bond acceptors (Lipinski definition) is 1. The lowest BCUT2D eigenvalue weighted by Crippen LogP contribution is -2.11. The van der Waals surface area contributed by atoms with Crippen LogP contribution in [0, 0.1) is 5.92 Å². The fourth-order valence-electron chi connectivity index (χ4n) is 1.64. The van der Waals surface area contributed by atoms with Gasteiger partial charge in [-0.15, -0.1) is 0 Å². The van der Waals surface area contributed by atoms with E-state index in [-0.39, 0.29) is 6.04 Å². The summed E-state index contributed by atoms with van der Waals surface area (Å²) in [6, 6.07) is 5.95. The van der Waals surface area contributed by atoms with Gasteiger partial charge in [0.15, 0.2) is 0 Å². The van der Waals surface area contributed by atoms with Crippen molar-refractivity contribution in [2.24, 2.45) is 11.7 Å². The zero-order valence-electron chi connectivity index (χ0n) is 7.84. The molecule has 1 aromatic carbocycles. The minimum absolute atomic E-state index is 0.0903. The second kappa shape index (κ2) is 4.21. The molecule has 0 radical (unpaired) electrons. The summed E-state index contributed by atoms with van der Waals surface area (Å²) in [5, 5.41) is 0.779. The first-order valence-corrected chi connectivity index (χ1v) is 6.04. The van der Waals surface area contributed by atoms with Crippen molar-refractivity contribution < 1.29 is 0 Å². The Morgan fingerprint density at radius 3 is 2.86 bits per heavy atom. The smallest absolute Gasteiger partial charge is 0.0454 e. The van der Waals surface area contributed by atoms with E-state index in [4.69, 9.17) is 17.3 Å². The molecule has 0 spiro atoms. The first-order valence-electron chi connectivity index (χ1n) is 4.87. The molecular formula is C11H13BrClN. The van der Waals surface area contributed by atoms with E-state index in [2.05, 4.69) is 15.9 Å². The van der Waals surface area contributed by atoms with Gasteiger partial charge in [-0.3, -0.25) is 0 Å². The topological polar surface area (TPSA) is 26.0 Å². The van der Waals surface area contributed by atoms with E-state index in [1.54, 1.807) is 0 Å². The monoisotopic (exact) mass is 273 g/mol. The van der Waals surface area contributed by atoms with Gasteiger partial charge in [0.1, 0.15) is 0 Å². The third kappa shape index (κ3) is 2.50. The lowest BCUT2D eigenvalue weighted by Gasteiger charge is -2.13. The van der Waals surface area contributed by atoms with Crippen molar-refractivity contribution in [2.75, 3.05) is 0 Å². The molecule has 0 amide bonds. The third-order valence-electron chi connectivity index (χ3n) is 2.64. The number of hydrogen-bond donors (Lipinski definition) is 1. The van der Waals surface area contributed by atoms with E-state index in [0.29, 0.717) is 0 Å². The molecule has 1 nitrogen and oxygen atoms in total. The van der Waals surface area contributed by atoms with Crippen LogP contribution in [0.5, 0.6) is 0 Å². The molecule has 0 heterocycles. The summed E-state index contributed by atoms with van der Waals surface area (Å²) in [7, 11) is 0. The highest BCUT2D eigenvalue weighted by Gasteiger charge is 2.25. The minimum atomic E-state index is 0.0903. The average molecular weight is 275 g/mol. The van der Waals surface area contributed by atoms with Crippen molar-refractivity contribution in [1.82, 2.24) is 0 Å². The quantitative estimate of drug-likeness (QED) is 0.889. The van der Waals surface area contributed by atoms with Gasteiger partial charge in [0.05, 0.1) is 0 Å². The normalized spacial score (nSPS) is 18.2. The Hall–Kier alpha value is -0.0500. The van der Waals surface area contributed by atoms with Crippen LogP contribution in [0.25, 0.3) is 0 Å². The predicted octanol–water partition coefficient (Wildman–Crippen LogP) is 3.90. The van der Waals surface area contributed by atoms with Gasteiger partial charge in [0.2, 0.25) is 0 Å². The van der Waals surface area contributed by atoms with Crippen LogP contribution in [-0.4, -0.2) is 0 Å². The van der Waals surface area contributed by atoms with Crippen molar-refractivity contribution in [3.63, 3.8) is 0 Å². The number of nitrogens with two attached hydrogens (primary N) is 1. The summed E-state index contributed by atoms with van der Waals surface area (Å²) in [6.45, 7) is 0. The molecule has 1 aliphatic carbocycles. The maximum atomic E-state index is 6.10. The number of halogens is 2. The summed E-state index contributed by atoms with van der Waals surface area (Å²) >= 11 is 9.53. The fraction of sp³-hybridized carbons (Fsp3) is 0.455. The summed E-state index contributed by atoms with van der Waals surface area (Å²) in [4.78, 5) is 0. The van der Waals surface area contributed by atoms with Gasteiger partial charge in [0.25, 0.3) is 0 Å². The highest BCUT2D eigenvalue weighted by atomic mass is 79.9. The average Bonchev–Trinajstić information content (AvgIpc) is 2.93. The molecule has 1 saturated carbocycles. The van der Waals surface area contributed by atoms with E-state index in [1.807, 2.05) is 18.2 Å². The fourth-order valence-corrected chi connectivity index (χ4v) is 2.27. The third-order valence-corrected chi connectivity index (χ3v) is 3.48. The van der Waals surface area contributed by atoms with E-state index < -0.39 is 0 Å². The van der Waals surface area contributed by atoms with Crippen LogP contribution in [0.2, 0.25) is 5.02 Å². The van der Waals surface area contributed by atoms with Crippen LogP contribution < -0.4 is 5.73 Å². The van der Waals surface area contributed by atoms with Crippen LogP contribution in [0.15, 0.2) is 22.7 Å². The molecule has 76 valence electrons. The number of benzene rings is 1. The maximum Gasteiger partial charge on any atom is 0.0454 e. The molecule has 0 bridgehead atoms. The van der Waals surface area contributed by atoms with Crippen molar-refractivity contribution in [1.29, 1.82) is 0 Å². The SMILES string of the molecule is NC(CC1CC1)c1cc(Br)ccc1Cl. The maximum absolute atomic E-state index is 6.10. The molecule has 1 aliphatic rings. The van der Waals surface area contributed by atoms with Crippen LogP contribution in [0.4, 0.5) is 0 Å². The van der Waals surface area contributed by atoms with E-state index in [0.717, 1.165) is 27.4 Å². The molecule has 2 N–H and O–H groups in total. The van der Waals surface area contributed by atoms with Crippen molar-refractivity contribution in [3.05, 3.63) is 33.3 Å². The van der Waals surface area contributed by atoms with E-state index in [1.165, 1.54) is 12.8 Å². The molecule has 0 saturated heterocycles. The Labute approximate surface area is 97.8 Å². The molecule has 0 aromatic heterocycles. The first kappa shape index (κ1) is 10.5. The molecule has 1 atom stereocenters. The molecule has 1 unspecified atom stereocenters. The zero-order chi connectivity index (χ0) is 10.1. The summed E-state index contributed by atoms with van der Waals surface area (Å²) < 4.78 is 1.04. The molecule has 1 fully saturated rings. The molecule has 2 rings (SSSR count). The Balaban J connectivity index is 2.15. The zero-order valence-corrected chi connectivity index (χ0v) is 10.2. The van der Waals surface area contributed by atoms with Gasteiger partial charge < -0.3 is 5.73 Å². The van der Waals surface area contributed by atoms with Crippen molar-refractivity contribution in [3.8, 4) is 0 Å². The van der Waals surface area contributed by atoms with Gasteiger partial charge in [-0.25, -0.2) is 0 Å². The van der Waals surface area contributed by atoms with E-state index >= 15 is 0 Å². The van der Waals surface area contributed by atoms with Gasteiger partial charge in [0, 0.05) is 15.5 Å². The Morgan fingerprint density at radius 2 is 2.21 bits per heavy atom. The lowest BCUT2D eigenvalue weighted by molar-refractivity contribution is 0.597. The Morgan fingerprint density at radius 1 is 1.50 bits per heavy atom. The molecule has 3 heteroatoms. The summed E-state index contributed by atoms with van der Waals surface area (Å²) in [5.74, 6) is 0.833. The Bertz CT molecular complexity index is 336. The predicted molar refractivity (Wildman–Crippen MR) is 63.4 cm³/mol. The van der Waals surface area contributed by atoms with Gasteiger partial charge in [-0.05, 0) is 36.1 Å². The molecule has 14 heavy (non-hydrogen) atoms. The second-order valence-electron chi connectivity index (χ2n) is 3.95. The molecule has 0 aliphatic heterocycles. The molecule has 1 aromatic rings. The van der Waals surface area contributed by atoms with Gasteiger partial charge >= 0.3 is 0 Å². The van der Waals surface area contributed by atoms with Crippen LogP contribution in [0.3, 0.4) is 0 Å². The highest BCUT2D eigenvalue weighted by molar-refractivity contribution is 9.10. The van der Waals surface area contributed by atoms with Crippen LogP contribution in [0.1, 0.15) is 30.9 Å². The van der Waals surface area contributed by atoms with Crippen LogP contribution in [-0.2, 0) is 0 Å². The first-order chi connectivity index (χ1) is 6.66. The minimum Gasteiger partial charge on any atom is -0.324 e. The standard InChI is InChI=1S/C11H13BrClN/c12-8-3-4-10(13)9(6-8)11(14)5-7-1-2-7/h3-4,6-7,11H,1-2,5,14H2. The number of rotatable bonds is 3. The highest BCUT2D eigenvalue weighted by Crippen LogP contribution is 2.38. The largest absolute Gasteiger partial charge is 0.324 e. The Kier molecular flexibility index (Phi) is 3.15. The molecular weight excluding hydrogens is 261 g/mol. The van der Waals surface area contributed by atoms with Gasteiger partial charge in [-0.2, -0.15) is 0 Å².